The van der Waals surface area contributed by atoms with Crippen molar-refractivity contribution in [2.24, 2.45) is 4.99 Å². The molecule has 1 N–H and O–H groups in total. The van der Waals surface area contributed by atoms with Crippen LogP contribution >= 0.6 is 0 Å². The highest BCUT2D eigenvalue weighted by atomic mass is 14.8. The third kappa shape index (κ3) is 5.26. The van der Waals surface area contributed by atoms with E-state index in [2.05, 4.69) is 79.6 Å². The topological polar surface area (TPSA) is 24.4 Å². The van der Waals surface area contributed by atoms with Crippen LogP contribution in [0.15, 0.2) is 76.8 Å². The first-order chi connectivity index (χ1) is 11.1. The highest BCUT2D eigenvalue weighted by Gasteiger charge is 1.98. The predicted octanol–water partition coefficient (Wildman–Crippen LogP) is 6.01. The molecular formula is C21H24N2. The Bertz CT molecular complexity index is 713. The van der Waals surface area contributed by atoms with Crippen LogP contribution < -0.4 is 5.32 Å². The first-order valence-corrected chi connectivity index (χ1v) is 7.82. The zero-order chi connectivity index (χ0) is 16.7. The van der Waals surface area contributed by atoms with Crippen LogP contribution in [-0.4, -0.2) is 13.3 Å². The van der Waals surface area contributed by atoms with E-state index in [1.165, 1.54) is 16.7 Å². The zero-order valence-corrected chi connectivity index (χ0v) is 14.3. The fourth-order valence-corrected chi connectivity index (χ4v) is 2.09. The second kappa shape index (κ2) is 8.14. The number of hydrogen-bond acceptors (Lipinski definition) is 2. The van der Waals surface area contributed by atoms with E-state index in [1.807, 2.05) is 25.4 Å². The van der Waals surface area contributed by atoms with Crippen LogP contribution in [0.4, 0.5) is 11.4 Å². The number of nitrogens with one attached hydrogen (secondary N) is 1. The van der Waals surface area contributed by atoms with Crippen molar-refractivity contribution in [1.29, 1.82) is 0 Å². The van der Waals surface area contributed by atoms with E-state index >= 15 is 0 Å². The van der Waals surface area contributed by atoms with Gasteiger partial charge in [0.2, 0.25) is 0 Å². The fraction of sp³-hybridized carbons (Fsp3) is 0.190. The Morgan fingerprint density at radius 2 is 1.39 bits per heavy atom. The molecule has 2 aromatic rings. The SMILES string of the molecule is CNc1ccc(-c2ccc(N=C/C(C)=C/C=C(C)C)cc2)cc1. The first kappa shape index (κ1) is 16.8. The monoisotopic (exact) mass is 304 g/mol. The van der Waals surface area contributed by atoms with E-state index in [4.69, 9.17) is 0 Å². The van der Waals surface area contributed by atoms with Gasteiger partial charge in [-0.15, -0.1) is 0 Å². The van der Waals surface area contributed by atoms with Crippen molar-refractivity contribution in [3.05, 3.63) is 71.8 Å². The van der Waals surface area contributed by atoms with Crippen molar-refractivity contribution in [2.45, 2.75) is 20.8 Å². The minimum atomic E-state index is 0.963. The molecule has 0 aliphatic rings. The van der Waals surface area contributed by atoms with Crippen molar-refractivity contribution in [1.82, 2.24) is 0 Å². The Kier molecular flexibility index (Phi) is 5.93. The molecule has 0 spiro atoms. The number of hydrogen-bond donors (Lipinski definition) is 1. The van der Waals surface area contributed by atoms with Gasteiger partial charge in [0.15, 0.2) is 0 Å². The molecule has 0 saturated heterocycles. The van der Waals surface area contributed by atoms with Gasteiger partial charge in [-0.1, -0.05) is 42.0 Å². The molecule has 2 nitrogen and oxygen atoms in total. The number of benzene rings is 2. The average Bonchev–Trinajstić information content (AvgIpc) is 2.58. The van der Waals surface area contributed by atoms with E-state index in [9.17, 15) is 0 Å². The van der Waals surface area contributed by atoms with Crippen LogP contribution in [-0.2, 0) is 0 Å². The van der Waals surface area contributed by atoms with Crippen molar-refractivity contribution < 1.29 is 0 Å². The molecule has 2 aromatic carbocycles. The summed E-state index contributed by atoms with van der Waals surface area (Å²) < 4.78 is 0. The van der Waals surface area contributed by atoms with Gasteiger partial charge in [-0.3, -0.25) is 4.99 Å². The van der Waals surface area contributed by atoms with Crippen molar-refractivity contribution >= 4 is 17.6 Å². The van der Waals surface area contributed by atoms with E-state index in [0.717, 1.165) is 16.9 Å². The molecule has 0 fully saturated rings. The highest BCUT2D eigenvalue weighted by Crippen LogP contribution is 2.24. The standard InChI is InChI=1S/C21H24N2/c1-16(2)5-6-17(3)15-23-21-13-9-19(10-14-21)18-7-11-20(22-4)12-8-18/h5-15,22H,1-4H3/b17-6+,23-15?. The smallest absolute Gasteiger partial charge is 0.0630 e. The van der Waals surface area contributed by atoms with Gasteiger partial charge in [-0.2, -0.15) is 0 Å². The molecular weight excluding hydrogens is 280 g/mol. The maximum atomic E-state index is 4.51. The molecule has 0 amide bonds. The highest BCUT2D eigenvalue weighted by molar-refractivity contribution is 5.81. The molecule has 0 unspecified atom stereocenters. The van der Waals surface area contributed by atoms with Gasteiger partial charge in [0.25, 0.3) is 0 Å². The molecule has 23 heavy (non-hydrogen) atoms. The maximum Gasteiger partial charge on any atom is 0.0630 e. The summed E-state index contributed by atoms with van der Waals surface area (Å²) in [6.07, 6.45) is 6.08. The normalized spacial score (nSPS) is 11.6. The minimum absolute atomic E-state index is 0.963. The maximum absolute atomic E-state index is 4.51. The van der Waals surface area contributed by atoms with Crippen LogP contribution in [0.2, 0.25) is 0 Å². The average molecular weight is 304 g/mol. The summed E-state index contributed by atoms with van der Waals surface area (Å²) in [4.78, 5) is 4.51. The molecule has 2 heteroatoms. The molecule has 0 bridgehead atoms. The lowest BCUT2D eigenvalue weighted by atomic mass is 10.1. The van der Waals surface area contributed by atoms with E-state index in [-0.39, 0.29) is 0 Å². The van der Waals surface area contributed by atoms with Crippen LogP contribution in [0.25, 0.3) is 11.1 Å². The lowest BCUT2D eigenvalue weighted by Crippen LogP contribution is -1.86. The lowest BCUT2D eigenvalue weighted by Gasteiger charge is -2.04. The molecule has 118 valence electrons. The third-order valence-corrected chi connectivity index (χ3v) is 3.47. The van der Waals surface area contributed by atoms with E-state index in [0.29, 0.717) is 0 Å². The zero-order valence-electron chi connectivity index (χ0n) is 14.3. The van der Waals surface area contributed by atoms with Gasteiger partial charge in [-0.05, 0) is 61.7 Å². The molecule has 0 aliphatic heterocycles. The summed E-state index contributed by atoms with van der Waals surface area (Å²) in [5, 5.41) is 3.13. The Balaban J connectivity index is 2.09. The Morgan fingerprint density at radius 1 is 0.826 bits per heavy atom. The van der Waals surface area contributed by atoms with Crippen molar-refractivity contribution in [3.8, 4) is 11.1 Å². The number of anilines is 1. The van der Waals surface area contributed by atoms with Gasteiger partial charge in [0.1, 0.15) is 0 Å². The Labute approximate surface area is 139 Å². The molecule has 0 radical (unpaired) electrons. The Hall–Kier alpha value is -2.61. The predicted molar refractivity (Wildman–Crippen MR) is 103 cm³/mol. The number of allylic oxidation sites excluding steroid dienone is 4. The van der Waals surface area contributed by atoms with Crippen molar-refractivity contribution in [2.75, 3.05) is 12.4 Å². The summed E-state index contributed by atoms with van der Waals surface area (Å²) in [5.74, 6) is 0. The second-order valence-electron chi connectivity index (χ2n) is 5.79. The quantitative estimate of drug-likeness (QED) is 0.531. The molecule has 0 saturated carbocycles. The molecule has 0 heterocycles. The van der Waals surface area contributed by atoms with E-state index < -0.39 is 0 Å². The van der Waals surface area contributed by atoms with Crippen LogP contribution in [0, 0.1) is 0 Å². The van der Waals surface area contributed by atoms with Crippen LogP contribution in [0.3, 0.4) is 0 Å². The molecule has 0 aromatic heterocycles. The number of rotatable bonds is 5. The molecule has 2 rings (SSSR count). The third-order valence-electron chi connectivity index (χ3n) is 3.47. The summed E-state index contributed by atoms with van der Waals surface area (Å²) >= 11 is 0. The van der Waals surface area contributed by atoms with Gasteiger partial charge in [0, 0.05) is 18.9 Å². The van der Waals surface area contributed by atoms with Gasteiger partial charge in [0.05, 0.1) is 5.69 Å². The number of nitrogens with zero attached hydrogens (tertiary/aromatic N) is 1. The van der Waals surface area contributed by atoms with Crippen LogP contribution in [0.5, 0.6) is 0 Å². The summed E-state index contributed by atoms with van der Waals surface area (Å²) in [6, 6.07) is 16.7. The molecule has 0 aliphatic carbocycles. The second-order valence-corrected chi connectivity index (χ2v) is 5.79. The van der Waals surface area contributed by atoms with Gasteiger partial charge >= 0.3 is 0 Å². The largest absolute Gasteiger partial charge is 0.388 e. The number of aliphatic imine (C=N–C) groups is 1. The van der Waals surface area contributed by atoms with Crippen molar-refractivity contribution in [3.63, 3.8) is 0 Å². The minimum Gasteiger partial charge on any atom is -0.388 e. The molecule has 0 atom stereocenters. The summed E-state index contributed by atoms with van der Waals surface area (Å²) in [6.45, 7) is 6.23. The van der Waals surface area contributed by atoms with E-state index in [1.54, 1.807) is 0 Å². The van der Waals surface area contributed by atoms with Crippen LogP contribution in [0.1, 0.15) is 20.8 Å². The van der Waals surface area contributed by atoms with Gasteiger partial charge < -0.3 is 5.32 Å². The first-order valence-electron chi connectivity index (χ1n) is 7.82. The Morgan fingerprint density at radius 3 is 1.91 bits per heavy atom. The lowest BCUT2D eigenvalue weighted by molar-refractivity contribution is 1.39. The van der Waals surface area contributed by atoms with Gasteiger partial charge in [-0.25, -0.2) is 0 Å². The summed E-state index contributed by atoms with van der Waals surface area (Å²) in [5.41, 5.74) is 6.91. The summed E-state index contributed by atoms with van der Waals surface area (Å²) in [7, 11) is 1.93. The fourth-order valence-electron chi connectivity index (χ4n) is 2.09.